The highest BCUT2D eigenvalue weighted by atomic mass is 16.3. The molecule has 0 aliphatic rings. The van der Waals surface area contributed by atoms with E-state index in [1.807, 2.05) is 0 Å². The zero-order valence-electron chi connectivity index (χ0n) is 10.2. The fourth-order valence-electron chi connectivity index (χ4n) is 1.44. The molecule has 2 N–H and O–H groups in total. The molecular weight excluding hydrogens is 246 g/mol. The number of aliphatic hydroxyl groups is 2. The van der Waals surface area contributed by atoms with Crippen molar-refractivity contribution in [3.63, 3.8) is 0 Å². The van der Waals surface area contributed by atoms with E-state index < -0.39 is 22.9 Å². The fraction of sp³-hybridized carbons (Fsp3) is 0.214. The van der Waals surface area contributed by atoms with Gasteiger partial charge in [0, 0.05) is 18.6 Å². The predicted molar refractivity (Wildman–Crippen MR) is 67.9 cm³/mol. The smallest absolute Gasteiger partial charge is 0.242 e. The van der Waals surface area contributed by atoms with Crippen molar-refractivity contribution in [1.29, 1.82) is 5.26 Å². The van der Waals surface area contributed by atoms with Crippen LogP contribution in [-0.4, -0.2) is 28.4 Å². The maximum atomic E-state index is 11.7. The Morgan fingerprint density at radius 2 is 1.84 bits per heavy atom. The number of rotatable bonds is 6. The van der Waals surface area contributed by atoms with E-state index in [2.05, 4.69) is 0 Å². The van der Waals surface area contributed by atoms with Crippen LogP contribution in [0.5, 0.6) is 0 Å². The number of nitrogens with zero attached hydrogens (tertiary/aromatic N) is 1. The van der Waals surface area contributed by atoms with Crippen molar-refractivity contribution in [3.8, 4) is 6.07 Å². The molecule has 1 aromatic rings. The average Bonchev–Trinajstić information content (AvgIpc) is 2.46. The molecule has 0 radical (unpaired) electrons. The Kier molecular flexibility index (Phi) is 5.45. The van der Waals surface area contributed by atoms with Crippen LogP contribution in [0.3, 0.4) is 0 Å². The summed E-state index contributed by atoms with van der Waals surface area (Å²) >= 11 is 0. The number of ketones is 2. The lowest BCUT2D eigenvalue weighted by molar-refractivity contribution is -0.134. The second-order valence-electron chi connectivity index (χ2n) is 3.78. The molecule has 5 heteroatoms. The van der Waals surface area contributed by atoms with Gasteiger partial charge in [-0.15, -0.1) is 0 Å². The molecule has 0 spiro atoms. The van der Waals surface area contributed by atoms with E-state index in [0.29, 0.717) is 5.56 Å². The van der Waals surface area contributed by atoms with Crippen molar-refractivity contribution in [2.75, 3.05) is 6.61 Å². The lowest BCUT2D eigenvalue weighted by atomic mass is 10.0. The van der Waals surface area contributed by atoms with Gasteiger partial charge in [0.05, 0.1) is 0 Å². The van der Waals surface area contributed by atoms with Crippen LogP contribution < -0.4 is 0 Å². The van der Waals surface area contributed by atoms with Gasteiger partial charge in [0.2, 0.25) is 11.6 Å². The van der Waals surface area contributed by atoms with Crippen molar-refractivity contribution in [1.82, 2.24) is 0 Å². The van der Waals surface area contributed by atoms with E-state index in [9.17, 15) is 14.7 Å². The summed E-state index contributed by atoms with van der Waals surface area (Å²) in [6.07, 6.45) is -0.00202. The maximum absolute atomic E-state index is 11.7. The van der Waals surface area contributed by atoms with Gasteiger partial charge in [-0.3, -0.25) is 9.59 Å². The molecule has 0 aromatic heterocycles. The molecule has 0 fully saturated rings. The number of hydrogen-bond acceptors (Lipinski definition) is 5. The first kappa shape index (κ1) is 14.6. The summed E-state index contributed by atoms with van der Waals surface area (Å²) in [5.41, 5.74) is -0.281. The normalized spacial score (nSPS) is 11.4. The van der Waals surface area contributed by atoms with Crippen LogP contribution in [0, 0.1) is 11.3 Å². The Hall–Kier alpha value is -2.45. The maximum Gasteiger partial charge on any atom is 0.242 e. The summed E-state index contributed by atoms with van der Waals surface area (Å²) in [6, 6.07) is 9.60. The Labute approximate surface area is 110 Å². The Balaban J connectivity index is 3.04. The lowest BCUT2D eigenvalue weighted by Gasteiger charge is -2.03. The average molecular weight is 259 g/mol. The summed E-state index contributed by atoms with van der Waals surface area (Å²) in [7, 11) is 0. The fourth-order valence-corrected chi connectivity index (χ4v) is 1.44. The summed E-state index contributed by atoms with van der Waals surface area (Å²) in [4.78, 5) is 23.2. The van der Waals surface area contributed by atoms with Crippen molar-refractivity contribution in [2.45, 2.75) is 12.8 Å². The second-order valence-corrected chi connectivity index (χ2v) is 3.78. The van der Waals surface area contributed by atoms with E-state index in [4.69, 9.17) is 10.4 Å². The number of carbonyl (C=O) groups excluding carboxylic acids is 2. The molecule has 0 atom stereocenters. The molecule has 1 aromatic carbocycles. The molecule has 0 saturated carbocycles. The highest BCUT2D eigenvalue weighted by Crippen LogP contribution is 2.16. The molecule has 5 nitrogen and oxygen atoms in total. The van der Waals surface area contributed by atoms with Gasteiger partial charge in [0.25, 0.3) is 0 Å². The van der Waals surface area contributed by atoms with E-state index >= 15 is 0 Å². The molecular formula is C14H13NO4. The van der Waals surface area contributed by atoms with Gasteiger partial charge in [-0.1, -0.05) is 30.3 Å². The third-order valence-electron chi connectivity index (χ3n) is 2.44. The highest BCUT2D eigenvalue weighted by Gasteiger charge is 2.22. The van der Waals surface area contributed by atoms with E-state index in [0.717, 1.165) is 0 Å². The Bertz CT molecular complexity index is 540. The zero-order valence-corrected chi connectivity index (χ0v) is 10.2. The molecule has 19 heavy (non-hydrogen) atoms. The largest absolute Gasteiger partial charge is 0.506 e. The van der Waals surface area contributed by atoms with E-state index in [1.54, 1.807) is 24.3 Å². The molecule has 0 bridgehead atoms. The van der Waals surface area contributed by atoms with E-state index in [-0.39, 0.29) is 19.4 Å². The summed E-state index contributed by atoms with van der Waals surface area (Å²) in [5, 5.41) is 27.4. The number of Topliss-reactive ketones (excluding diaryl/α,β-unsaturated/α-hetero) is 2. The SMILES string of the molecule is N#CC(C(=O)C(=O)CCCO)=C(O)c1ccccc1. The quantitative estimate of drug-likeness (QED) is 0.348. The number of aliphatic hydroxyl groups excluding tert-OH is 2. The first-order chi connectivity index (χ1) is 9.11. The number of benzene rings is 1. The standard InChI is InChI=1S/C14H13NO4/c15-9-11(14(19)12(17)7-4-8-16)13(18)10-5-2-1-3-6-10/h1-3,5-6,16,18H,4,7-8H2. The second kappa shape index (κ2) is 7.09. The first-order valence-electron chi connectivity index (χ1n) is 5.69. The van der Waals surface area contributed by atoms with E-state index in [1.165, 1.54) is 12.1 Å². The molecule has 0 amide bonds. The van der Waals surface area contributed by atoms with Crippen molar-refractivity contribution >= 4 is 17.3 Å². The number of nitriles is 1. The van der Waals surface area contributed by atoms with Crippen LogP contribution in [-0.2, 0) is 9.59 Å². The van der Waals surface area contributed by atoms with Crippen LogP contribution in [0.15, 0.2) is 35.9 Å². The third-order valence-corrected chi connectivity index (χ3v) is 2.44. The van der Waals surface area contributed by atoms with Crippen molar-refractivity contribution < 1.29 is 19.8 Å². The predicted octanol–water partition coefficient (Wildman–Crippen LogP) is 1.39. The topological polar surface area (TPSA) is 98.4 Å². The molecule has 0 heterocycles. The Morgan fingerprint density at radius 3 is 2.37 bits per heavy atom. The van der Waals surface area contributed by atoms with Crippen LogP contribution >= 0.6 is 0 Å². The third kappa shape index (κ3) is 3.76. The molecule has 0 aliphatic heterocycles. The van der Waals surface area contributed by atoms with Gasteiger partial charge in [-0.25, -0.2) is 0 Å². The first-order valence-corrected chi connectivity index (χ1v) is 5.69. The molecule has 0 unspecified atom stereocenters. The van der Waals surface area contributed by atoms with Crippen LogP contribution in [0.1, 0.15) is 18.4 Å². The summed E-state index contributed by atoms with van der Waals surface area (Å²) in [5.74, 6) is -2.34. The lowest BCUT2D eigenvalue weighted by Crippen LogP contribution is -2.17. The molecule has 98 valence electrons. The van der Waals surface area contributed by atoms with Gasteiger partial charge >= 0.3 is 0 Å². The van der Waals surface area contributed by atoms with Crippen molar-refractivity contribution in [3.05, 3.63) is 41.5 Å². The number of allylic oxidation sites excluding steroid dienone is 1. The molecule has 1 rings (SSSR count). The van der Waals surface area contributed by atoms with Gasteiger partial charge in [0.1, 0.15) is 17.4 Å². The van der Waals surface area contributed by atoms with Crippen LogP contribution in [0.25, 0.3) is 5.76 Å². The van der Waals surface area contributed by atoms with Crippen LogP contribution in [0.2, 0.25) is 0 Å². The minimum absolute atomic E-state index is 0.148. The molecule has 0 saturated heterocycles. The van der Waals surface area contributed by atoms with Gasteiger partial charge in [-0.05, 0) is 6.42 Å². The van der Waals surface area contributed by atoms with Crippen LogP contribution in [0.4, 0.5) is 0 Å². The van der Waals surface area contributed by atoms with Gasteiger partial charge in [-0.2, -0.15) is 5.26 Å². The Morgan fingerprint density at radius 1 is 1.21 bits per heavy atom. The monoisotopic (exact) mass is 259 g/mol. The minimum atomic E-state index is -1.03. The number of carbonyl (C=O) groups is 2. The highest BCUT2D eigenvalue weighted by molar-refractivity contribution is 6.45. The van der Waals surface area contributed by atoms with Crippen molar-refractivity contribution in [2.24, 2.45) is 0 Å². The van der Waals surface area contributed by atoms with Gasteiger partial charge < -0.3 is 10.2 Å². The number of hydrogen-bond donors (Lipinski definition) is 2. The summed E-state index contributed by atoms with van der Waals surface area (Å²) < 4.78 is 0. The molecule has 0 aliphatic carbocycles. The zero-order chi connectivity index (χ0) is 14.3. The van der Waals surface area contributed by atoms with Gasteiger partial charge in [0.15, 0.2) is 0 Å². The minimum Gasteiger partial charge on any atom is -0.506 e. The summed E-state index contributed by atoms with van der Waals surface area (Å²) in [6.45, 7) is -0.213.